The van der Waals surface area contributed by atoms with Gasteiger partial charge >= 0.3 is 14.2 Å². The summed E-state index contributed by atoms with van der Waals surface area (Å²) >= 11 is 0. The number of hydrogen-bond donors (Lipinski definition) is 4. The molecule has 0 unspecified atom stereocenters. The lowest BCUT2D eigenvalue weighted by Crippen LogP contribution is -2.46. The highest BCUT2D eigenvalue weighted by Gasteiger charge is 2.57. The number of phenolic OH excluding ortho intramolecular Hbond substituents is 1. The summed E-state index contributed by atoms with van der Waals surface area (Å²) < 4.78 is 6.16. The minimum absolute atomic E-state index is 0.126. The molecule has 3 aliphatic rings. The Labute approximate surface area is 248 Å². The van der Waals surface area contributed by atoms with Crippen LogP contribution in [0.1, 0.15) is 58.4 Å². The van der Waals surface area contributed by atoms with E-state index in [1.54, 1.807) is 24.3 Å². The number of fused-ring (bicyclic) bond motifs is 3. The average Bonchev–Trinajstić information content (AvgIpc) is 3.21. The number of phenols is 1. The van der Waals surface area contributed by atoms with E-state index in [1.165, 1.54) is 22.6 Å². The third kappa shape index (κ3) is 5.86. The van der Waals surface area contributed by atoms with Gasteiger partial charge in [-0.2, -0.15) is 0 Å². The standard InChI is InChI=1S/C32H39B2NO7/c1-4-8-20(15-21-9-5-6-12-27(21)36)13-14-28-29-24(19(2)3)17-25-30(26(29)18-33(39)42-28)32(38)35(31(25)37)23-11-7-10-22(16-23)34(40)41/h5-7,9-12,15-16,19,25-26,28,30,36,39-41H,4,8,13-14,17-18H2,1-3H3/b20-15+/t25-,26+,28-,30-/m1/s1. The summed E-state index contributed by atoms with van der Waals surface area (Å²) in [4.78, 5) is 28.9. The van der Waals surface area contributed by atoms with Crippen LogP contribution in [0.2, 0.25) is 6.32 Å². The quantitative estimate of drug-likeness (QED) is 0.206. The zero-order valence-electron chi connectivity index (χ0n) is 24.4. The van der Waals surface area contributed by atoms with E-state index < -0.39 is 32.2 Å². The van der Waals surface area contributed by atoms with Crippen LogP contribution in [0, 0.1) is 23.7 Å². The maximum Gasteiger partial charge on any atom is 0.488 e. The van der Waals surface area contributed by atoms with Crippen LogP contribution >= 0.6 is 0 Å². The number of carbonyl (C=O) groups excluding carboxylic acids is 2. The molecule has 0 aromatic heterocycles. The summed E-state index contributed by atoms with van der Waals surface area (Å²) in [7, 11) is -2.78. The molecule has 10 heteroatoms. The molecule has 2 aliphatic heterocycles. The molecule has 0 spiro atoms. The van der Waals surface area contributed by atoms with Crippen LogP contribution < -0.4 is 10.4 Å². The van der Waals surface area contributed by atoms with Crippen molar-refractivity contribution in [2.45, 2.75) is 65.3 Å². The second-order valence-corrected chi connectivity index (χ2v) is 12.0. The van der Waals surface area contributed by atoms with Gasteiger partial charge in [-0.05, 0) is 73.1 Å². The molecule has 1 aliphatic carbocycles. The van der Waals surface area contributed by atoms with Crippen molar-refractivity contribution in [1.82, 2.24) is 0 Å². The lowest BCUT2D eigenvalue weighted by atomic mass is 9.57. The first-order valence-electron chi connectivity index (χ1n) is 15.0. The van der Waals surface area contributed by atoms with Crippen molar-refractivity contribution < 1.29 is 34.4 Å². The number of allylic oxidation sites excluding steroid dienone is 2. The molecule has 2 heterocycles. The van der Waals surface area contributed by atoms with E-state index in [0.717, 1.165) is 29.6 Å². The minimum Gasteiger partial charge on any atom is -0.507 e. The van der Waals surface area contributed by atoms with E-state index in [9.17, 15) is 29.8 Å². The first-order chi connectivity index (χ1) is 20.1. The highest BCUT2D eigenvalue weighted by atomic mass is 16.5. The van der Waals surface area contributed by atoms with E-state index in [2.05, 4.69) is 20.8 Å². The molecule has 0 radical (unpaired) electrons. The van der Waals surface area contributed by atoms with Gasteiger partial charge < -0.3 is 24.8 Å². The number of hydrogen-bond acceptors (Lipinski definition) is 7. The molecule has 0 bridgehead atoms. The Morgan fingerprint density at radius 1 is 1.10 bits per heavy atom. The molecule has 8 nitrogen and oxygen atoms in total. The molecule has 2 fully saturated rings. The number of aromatic hydroxyl groups is 1. The molecule has 2 aromatic carbocycles. The number of benzene rings is 2. The number of rotatable bonds is 9. The summed E-state index contributed by atoms with van der Waals surface area (Å²) in [5.74, 6) is -1.76. The maximum absolute atomic E-state index is 14.0. The number of carbonyl (C=O) groups is 2. The lowest BCUT2D eigenvalue weighted by Gasteiger charge is -2.44. The lowest BCUT2D eigenvalue weighted by molar-refractivity contribution is -0.122. The highest BCUT2D eigenvalue weighted by molar-refractivity contribution is 6.58. The Balaban J connectivity index is 1.46. The molecular formula is C32H39B2NO7. The number of nitrogens with zero attached hydrogens (tertiary/aromatic N) is 1. The minimum atomic E-state index is -1.72. The van der Waals surface area contributed by atoms with Gasteiger partial charge in [-0.1, -0.05) is 74.7 Å². The van der Waals surface area contributed by atoms with E-state index in [-0.39, 0.29) is 41.2 Å². The van der Waals surface area contributed by atoms with Gasteiger partial charge in [0.2, 0.25) is 11.8 Å². The van der Waals surface area contributed by atoms with Crippen LogP contribution in [0.5, 0.6) is 5.75 Å². The molecular weight excluding hydrogens is 532 g/mol. The average molecular weight is 571 g/mol. The summed E-state index contributed by atoms with van der Waals surface area (Å²) in [6, 6.07) is 13.5. The zero-order chi connectivity index (χ0) is 30.1. The molecule has 2 saturated heterocycles. The van der Waals surface area contributed by atoms with Crippen LogP contribution in [0.3, 0.4) is 0 Å². The molecule has 4 atom stereocenters. The Morgan fingerprint density at radius 3 is 2.55 bits per heavy atom. The molecule has 4 N–H and O–H groups in total. The first-order valence-corrected chi connectivity index (χ1v) is 15.0. The summed E-state index contributed by atoms with van der Waals surface area (Å²) in [6.45, 7) is 6.29. The Kier molecular flexibility index (Phi) is 9.08. The van der Waals surface area contributed by atoms with Gasteiger partial charge in [0.05, 0.1) is 23.6 Å². The smallest absolute Gasteiger partial charge is 0.488 e. The van der Waals surface area contributed by atoms with Crippen molar-refractivity contribution in [3.8, 4) is 5.75 Å². The van der Waals surface area contributed by atoms with Gasteiger partial charge in [-0.25, -0.2) is 0 Å². The van der Waals surface area contributed by atoms with Gasteiger partial charge in [-0.3, -0.25) is 14.5 Å². The number of para-hydroxylation sites is 1. The fourth-order valence-electron chi connectivity index (χ4n) is 7.07. The fraction of sp³-hybridized carbons (Fsp3) is 0.438. The van der Waals surface area contributed by atoms with E-state index in [4.69, 9.17) is 4.65 Å². The van der Waals surface area contributed by atoms with Crippen LogP contribution in [0.4, 0.5) is 5.69 Å². The third-order valence-corrected chi connectivity index (χ3v) is 8.96. The van der Waals surface area contributed by atoms with Gasteiger partial charge in [-0.15, -0.1) is 0 Å². The zero-order valence-corrected chi connectivity index (χ0v) is 24.4. The molecule has 220 valence electrons. The largest absolute Gasteiger partial charge is 0.507 e. The van der Waals surface area contributed by atoms with Gasteiger partial charge in [0.25, 0.3) is 0 Å². The summed E-state index contributed by atoms with van der Waals surface area (Å²) in [6.07, 6.45) is 5.43. The van der Waals surface area contributed by atoms with Crippen LogP contribution in [0.25, 0.3) is 6.08 Å². The van der Waals surface area contributed by atoms with Crippen LogP contribution in [0.15, 0.2) is 65.3 Å². The molecule has 42 heavy (non-hydrogen) atoms. The van der Waals surface area contributed by atoms with E-state index in [1.807, 2.05) is 18.2 Å². The summed E-state index contributed by atoms with van der Waals surface area (Å²) in [5.41, 5.74) is 4.61. The predicted molar refractivity (Wildman–Crippen MR) is 164 cm³/mol. The molecule has 2 aromatic rings. The monoisotopic (exact) mass is 571 g/mol. The first kappa shape index (κ1) is 30.3. The Morgan fingerprint density at radius 2 is 1.86 bits per heavy atom. The van der Waals surface area contributed by atoms with Gasteiger partial charge in [0, 0.05) is 5.56 Å². The van der Waals surface area contributed by atoms with Crippen LogP contribution in [-0.2, 0) is 14.2 Å². The second kappa shape index (κ2) is 12.6. The molecule has 0 saturated carbocycles. The fourth-order valence-corrected chi connectivity index (χ4v) is 7.07. The van der Waals surface area contributed by atoms with Crippen molar-refractivity contribution in [2.75, 3.05) is 4.90 Å². The third-order valence-electron chi connectivity index (χ3n) is 8.96. The van der Waals surface area contributed by atoms with E-state index >= 15 is 0 Å². The van der Waals surface area contributed by atoms with Gasteiger partial charge in [0.1, 0.15) is 5.75 Å². The van der Waals surface area contributed by atoms with Crippen molar-refractivity contribution in [2.24, 2.45) is 23.7 Å². The predicted octanol–water partition coefficient (Wildman–Crippen LogP) is 3.69. The maximum atomic E-state index is 14.0. The van der Waals surface area contributed by atoms with Crippen molar-refractivity contribution >= 4 is 43.3 Å². The van der Waals surface area contributed by atoms with E-state index in [0.29, 0.717) is 24.9 Å². The van der Waals surface area contributed by atoms with Crippen molar-refractivity contribution in [3.63, 3.8) is 0 Å². The second-order valence-electron chi connectivity index (χ2n) is 12.0. The topological polar surface area (TPSA) is 128 Å². The Bertz CT molecular complexity index is 1400. The van der Waals surface area contributed by atoms with Crippen LogP contribution in [-0.4, -0.2) is 52.3 Å². The number of anilines is 1. The van der Waals surface area contributed by atoms with Gasteiger partial charge in [0.15, 0.2) is 0 Å². The SMILES string of the molecule is CCC/C(=C\c1ccccc1O)CC[C@H]1OB(O)C[C@H]2C1=C(C(C)C)C[C@H]1C(=O)N(c3cccc(B(O)O)c3)C(=O)[C@H]12. The molecule has 5 rings (SSSR count). The normalized spacial score (nSPS) is 24.4. The van der Waals surface area contributed by atoms with Crippen molar-refractivity contribution in [3.05, 3.63) is 70.8 Å². The number of imide groups is 1. The Hall–Kier alpha value is -3.17. The summed E-state index contributed by atoms with van der Waals surface area (Å²) in [5, 5.41) is 40.5. The van der Waals surface area contributed by atoms with Crippen molar-refractivity contribution in [1.29, 1.82) is 0 Å². The highest BCUT2D eigenvalue weighted by Crippen LogP contribution is 2.52. The molecule has 2 amide bonds. The number of amides is 2.